The Morgan fingerprint density at radius 2 is 2.08 bits per heavy atom. The molecule has 0 bridgehead atoms. The molecule has 68 valence electrons. The molecule has 0 saturated carbocycles. The van der Waals surface area contributed by atoms with Crippen molar-refractivity contribution in [2.75, 3.05) is 0 Å². The Morgan fingerprint density at radius 3 is 2.69 bits per heavy atom. The first-order chi connectivity index (χ1) is 6.20. The maximum absolute atomic E-state index is 11.4. The minimum atomic E-state index is -2.46. The molecule has 0 radical (unpaired) electrons. The van der Waals surface area contributed by atoms with Crippen LogP contribution in [0.25, 0.3) is 0 Å². The lowest BCUT2D eigenvalue weighted by atomic mass is 10.1. The predicted molar refractivity (Wildman–Crippen MR) is 45.2 cm³/mol. The van der Waals surface area contributed by atoms with Crippen LogP contribution in [0.4, 0.5) is 0 Å². The van der Waals surface area contributed by atoms with Crippen LogP contribution >= 0.6 is 0 Å². The van der Waals surface area contributed by atoms with Crippen LogP contribution in [-0.2, 0) is 17.8 Å². The molecule has 1 atom stereocenters. The average Bonchev–Trinajstić information content (AvgIpc) is 2.45. The largest absolute Gasteiger partial charge is 0.755 e. The third kappa shape index (κ3) is 1.26. The van der Waals surface area contributed by atoms with Crippen LogP contribution in [0.1, 0.15) is 15.9 Å². The third-order valence-corrected chi connectivity index (χ3v) is 2.62. The van der Waals surface area contributed by atoms with Gasteiger partial charge in [-0.25, -0.2) is 0 Å². The molecule has 0 saturated heterocycles. The molecule has 1 aliphatic heterocycles. The summed E-state index contributed by atoms with van der Waals surface area (Å²) in [6.45, 7) is 0.158. The number of benzene rings is 1. The zero-order valence-corrected chi connectivity index (χ0v) is 7.41. The zero-order valence-electron chi connectivity index (χ0n) is 6.60. The van der Waals surface area contributed by atoms with Crippen LogP contribution in [0.3, 0.4) is 0 Å². The van der Waals surface area contributed by atoms with E-state index in [1.807, 2.05) is 0 Å². The maximum Gasteiger partial charge on any atom is 0.265 e. The fraction of sp³-hybridized carbons (Fsp3) is 0.125. The fourth-order valence-electron chi connectivity index (χ4n) is 1.35. The highest BCUT2D eigenvalue weighted by molar-refractivity contribution is 7.77. The van der Waals surface area contributed by atoms with Crippen molar-refractivity contribution in [1.29, 1.82) is 0 Å². The van der Waals surface area contributed by atoms with Gasteiger partial charge in [0.05, 0.1) is 17.8 Å². The van der Waals surface area contributed by atoms with Crippen molar-refractivity contribution >= 4 is 17.2 Å². The lowest BCUT2D eigenvalue weighted by Gasteiger charge is -2.16. The zero-order chi connectivity index (χ0) is 9.42. The molecule has 1 aliphatic rings. The number of rotatable bonds is 1. The van der Waals surface area contributed by atoms with E-state index in [-0.39, 0.29) is 6.54 Å². The van der Waals surface area contributed by atoms with Crippen molar-refractivity contribution in [2.24, 2.45) is 0 Å². The number of nitrogens with zero attached hydrogens (tertiary/aromatic N) is 1. The standard InChI is InChI=1S/C8H7NO3S/c10-8-7-4-2-1-3-6(7)5-9(8)13(11)12/h1-4H,5H2,(H,11,12)/p-1. The summed E-state index contributed by atoms with van der Waals surface area (Å²) in [5.74, 6) is -0.441. The molecule has 2 rings (SSSR count). The molecule has 1 aromatic rings. The van der Waals surface area contributed by atoms with Gasteiger partial charge in [-0.2, -0.15) is 0 Å². The summed E-state index contributed by atoms with van der Waals surface area (Å²) in [4.78, 5) is 11.4. The molecule has 0 N–H and O–H groups in total. The smallest absolute Gasteiger partial charge is 0.265 e. The van der Waals surface area contributed by atoms with Gasteiger partial charge >= 0.3 is 0 Å². The van der Waals surface area contributed by atoms with Crippen LogP contribution in [0.2, 0.25) is 0 Å². The molecular formula is C8H6NO3S-. The second kappa shape index (κ2) is 2.93. The van der Waals surface area contributed by atoms with Gasteiger partial charge in [-0.05, 0) is 11.6 Å². The quantitative estimate of drug-likeness (QED) is 0.612. The highest BCUT2D eigenvalue weighted by Gasteiger charge is 2.27. The Kier molecular flexibility index (Phi) is 1.90. The molecule has 5 heteroatoms. The summed E-state index contributed by atoms with van der Waals surface area (Å²) in [6.07, 6.45) is 0. The molecule has 0 fully saturated rings. The number of carbonyl (C=O) groups is 1. The van der Waals surface area contributed by atoms with Gasteiger partial charge in [-0.15, -0.1) is 0 Å². The predicted octanol–water partition coefficient (Wildman–Crippen LogP) is 0.437. The molecule has 1 amide bonds. The molecule has 0 spiro atoms. The highest BCUT2D eigenvalue weighted by atomic mass is 32.2. The van der Waals surface area contributed by atoms with E-state index in [1.54, 1.807) is 24.3 Å². The molecule has 0 aliphatic carbocycles. The van der Waals surface area contributed by atoms with E-state index in [2.05, 4.69) is 0 Å². The molecule has 1 unspecified atom stereocenters. The number of carbonyl (C=O) groups excluding carboxylic acids is 1. The van der Waals surface area contributed by atoms with Crippen molar-refractivity contribution < 1.29 is 13.6 Å². The first-order valence-corrected chi connectivity index (χ1v) is 4.72. The topological polar surface area (TPSA) is 60.4 Å². The normalized spacial score (nSPS) is 17.3. The number of fused-ring (bicyclic) bond motifs is 1. The molecule has 13 heavy (non-hydrogen) atoms. The summed E-state index contributed by atoms with van der Waals surface area (Å²) in [7, 11) is 0. The van der Waals surface area contributed by atoms with Gasteiger partial charge in [-0.1, -0.05) is 18.2 Å². The summed E-state index contributed by atoms with van der Waals surface area (Å²) >= 11 is -2.46. The van der Waals surface area contributed by atoms with Crippen molar-refractivity contribution in [3.05, 3.63) is 35.4 Å². The Balaban J connectivity index is 2.44. The number of hydrogen-bond donors (Lipinski definition) is 0. The van der Waals surface area contributed by atoms with E-state index >= 15 is 0 Å². The first kappa shape index (κ1) is 8.40. The molecule has 1 heterocycles. The molecular weight excluding hydrogens is 190 g/mol. The van der Waals surface area contributed by atoms with E-state index in [9.17, 15) is 13.6 Å². The second-order valence-corrected chi connectivity index (χ2v) is 3.59. The maximum atomic E-state index is 11.4. The van der Waals surface area contributed by atoms with E-state index < -0.39 is 17.2 Å². The minimum absolute atomic E-state index is 0.158. The summed E-state index contributed by atoms with van der Waals surface area (Å²) in [5.41, 5.74) is 1.24. The first-order valence-electron chi connectivity index (χ1n) is 3.69. The van der Waals surface area contributed by atoms with Gasteiger partial charge in [-0.3, -0.25) is 13.3 Å². The number of hydrogen-bond acceptors (Lipinski definition) is 3. The lowest BCUT2D eigenvalue weighted by molar-refractivity contribution is 0.0877. The van der Waals surface area contributed by atoms with E-state index in [4.69, 9.17) is 0 Å². The van der Waals surface area contributed by atoms with E-state index in [0.717, 1.165) is 9.87 Å². The summed E-state index contributed by atoms with van der Waals surface area (Å²) in [5, 5.41) is 0. The van der Waals surface area contributed by atoms with E-state index in [1.165, 1.54) is 0 Å². The second-order valence-electron chi connectivity index (χ2n) is 2.72. The van der Waals surface area contributed by atoms with Crippen LogP contribution in [-0.4, -0.2) is 19.0 Å². The molecule has 4 nitrogen and oxygen atoms in total. The van der Waals surface area contributed by atoms with Gasteiger partial charge in [0.15, 0.2) is 0 Å². The Hall–Kier alpha value is -1.20. The Morgan fingerprint density at radius 1 is 1.38 bits per heavy atom. The van der Waals surface area contributed by atoms with Crippen molar-refractivity contribution in [1.82, 2.24) is 4.31 Å². The average molecular weight is 196 g/mol. The van der Waals surface area contributed by atoms with E-state index in [0.29, 0.717) is 5.56 Å². The summed E-state index contributed by atoms with van der Waals surface area (Å²) < 4.78 is 22.0. The van der Waals surface area contributed by atoms with Gasteiger partial charge in [0.2, 0.25) is 0 Å². The molecule has 1 aromatic carbocycles. The van der Waals surface area contributed by atoms with Crippen molar-refractivity contribution in [3.63, 3.8) is 0 Å². The van der Waals surface area contributed by atoms with Crippen LogP contribution in [0.5, 0.6) is 0 Å². The highest BCUT2D eigenvalue weighted by Crippen LogP contribution is 2.22. The lowest BCUT2D eigenvalue weighted by Crippen LogP contribution is -2.25. The van der Waals surface area contributed by atoms with Crippen LogP contribution < -0.4 is 0 Å². The van der Waals surface area contributed by atoms with Gasteiger partial charge < -0.3 is 4.55 Å². The van der Waals surface area contributed by atoms with Gasteiger partial charge in [0.1, 0.15) is 0 Å². The van der Waals surface area contributed by atoms with Crippen LogP contribution in [0, 0.1) is 0 Å². The minimum Gasteiger partial charge on any atom is -0.755 e. The summed E-state index contributed by atoms with van der Waals surface area (Å²) in [6, 6.07) is 6.88. The SMILES string of the molecule is O=C1c2ccccc2CN1S(=O)[O-]. The fourth-order valence-corrected chi connectivity index (χ4v) is 1.83. The van der Waals surface area contributed by atoms with Gasteiger partial charge in [0, 0.05) is 5.56 Å². The third-order valence-electron chi connectivity index (χ3n) is 1.97. The Labute approximate surface area is 77.6 Å². The van der Waals surface area contributed by atoms with Gasteiger partial charge in [0.25, 0.3) is 5.91 Å². The Bertz CT molecular complexity index is 391. The van der Waals surface area contributed by atoms with Crippen molar-refractivity contribution in [2.45, 2.75) is 6.54 Å². The van der Waals surface area contributed by atoms with Crippen molar-refractivity contribution in [3.8, 4) is 0 Å². The van der Waals surface area contributed by atoms with Crippen LogP contribution in [0.15, 0.2) is 24.3 Å². The number of amides is 1. The monoisotopic (exact) mass is 196 g/mol. The molecule has 0 aromatic heterocycles.